The summed E-state index contributed by atoms with van der Waals surface area (Å²) < 4.78 is 0. The van der Waals surface area contributed by atoms with Crippen molar-refractivity contribution in [2.24, 2.45) is 22.7 Å². The van der Waals surface area contributed by atoms with Crippen molar-refractivity contribution in [2.75, 3.05) is 7.05 Å². The quantitative estimate of drug-likeness (QED) is 0.558. The van der Waals surface area contributed by atoms with E-state index in [1.54, 1.807) is 0 Å². The number of hydrogen-bond acceptors (Lipinski definition) is 1. The average Bonchev–Trinajstić information content (AvgIpc) is 2.76. The summed E-state index contributed by atoms with van der Waals surface area (Å²) in [6.45, 7) is 4.65. The van der Waals surface area contributed by atoms with Gasteiger partial charge in [-0.2, -0.15) is 0 Å². The van der Waals surface area contributed by atoms with Gasteiger partial charge in [-0.05, 0) is 36.8 Å². The highest BCUT2D eigenvalue weighted by atomic mass is 14.6. The van der Waals surface area contributed by atoms with Gasteiger partial charge in [-0.15, -0.1) is 0 Å². The van der Waals surface area contributed by atoms with E-state index in [4.69, 9.17) is 0 Å². The van der Waals surface area contributed by atoms with Crippen LogP contribution < -0.4 is 0 Å². The number of rotatable bonds is 5. The molecule has 0 heterocycles. The van der Waals surface area contributed by atoms with Gasteiger partial charge in [0.1, 0.15) is 0 Å². The van der Waals surface area contributed by atoms with Crippen molar-refractivity contribution >= 4 is 6.21 Å². The Morgan fingerprint density at radius 1 is 1.58 bits per heavy atom. The normalized spacial score (nSPS) is 30.9. The lowest BCUT2D eigenvalue weighted by Gasteiger charge is -2.12. The molecule has 1 aliphatic carbocycles. The molecule has 0 amide bonds. The zero-order chi connectivity index (χ0) is 8.97. The molecular formula is C11H21N. The Morgan fingerprint density at radius 2 is 2.25 bits per heavy atom. The molecular weight excluding hydrogens is 146 g/mol. The van der Waals surface area contributed by atoms with E-state index in [1.165, 1.54) is 25.7 Å². The number of aliphatic imine (C=N–C) groups is 1. The van der Waals surface area contributed by atoms with E-state index in [0.717, 1.165) is 17.8 Å². The van der Waals surface area contributed by atoms with Crippen molar-refractivity contribution in [2.45, 2.75) is 39.5 Å². The molecule has 12 heavy (non-hydrogen) atoms. The summed E-state index contributed by atoms with van der Waals surface area (Å²) in [5.41, 5.74) is 0. The lowest BCUT2D eigenvalue weighted by atomic mass is 9.94. The maximum atomic E-state index is 4.07. The molecule has 0 radical (unpaired) electrons. The predicted molar refractivity (Wildman–Crippen MR) is 54.7 cm³/mol. The minimum atomic E-state index is 0.925. The first-order valence-corrected chi connectivity index (χ1v) is 5.20. The van der Waals surface area contributed by atoms with Gasteiger partial charge in [-0.25, -0.2) is 0 Å². The van der Waals surface area contributed by atoms with E-state index in [-0.39, 0.29) is 0 Å². The minimum absolute atomic E-state index is 0.925. The van der Waals surface area contributed by atoms with E-state index >= 15 is 0 Å². The van der Waals surface area contributed by atoms with Gasteiger partial charge >= 0.3 is 0 Å². The van der Waals surface area contributed by atoms with Crippen LogP contribution in [0.2, 0.25) is 0 Å². The molecule has 3 unspecified atom stereocenters. The molecule has 70 valence electrons. The van der Waals surface area contributed by atoms with Crippen LogP contribution in [0.3, 0.4) is 0 Å². The summed E-state index contributed by atoms with van der Waals surface area (Å²) >= 11 is 0. The highest BCUT2D eigenvalue weighted by molar-refractivity contribution is 5.57. The minimum Gasteiger partial charge on any atom is -0.301 e. The average molecular weight is 167 g/mol. The van der Waals surface area contributed by atoms with E-state index in [2.05, 4.69) is 25.1 Å². The van der Waals surface area contributed by atoms with Crippen LogP contribution in [0.1, 0.15) is 39.5 Å². The molecule has 1 heteroatoms. The highest BCUT2D eigenvalue weighted by Gasteiger charge is 2.37. The molecule has 1 nitrogen and oxygen atoms in total. The fourth-order valence-corrected chi connectivity index (χ4v) is 2.13. The van der Waals surface area contributed by atoms with Gasteiger partial charge in [0.05, 0.1) is 0 Å². The van der Waals surface area contributed by atoms with Crippen molar-refractivity contribution in [1.29, 1.82) is 0 Å². The molecule has 3 atom stereocenters. The Balaban J connectivity index is 2.28. The van der Waals surface area contributed by atoms with Crippen LogP contribution in [0, 0.1) is 17.8 Å². The first-order valence-electron chi connectivity index (χ1n) is 5.20. The van der Waals surface area contributed by atoms with Crippen LogP contribution in [-0.4, -0.2) is 13.3 Å². The van der Waals surface area contributed by atoms with Gasteiger partial charge in [-0.1, -0.05) is 26.7 Å². The molecule has 0 aliphatic heterocycles. The summed E-state index contributed by atoms with van der Waals surface area (Å²) in [7, 11) is 1.87. The summed E-state index contributed by atoms with van der Waals surface area (Å²) in [5.74, 6) is 2.93. The summed E-state index contributed by atoms with van der Waals surface area (Å²) in [6.07, 6.45) is 7.47. The second-order valence-electron chi connectivity index (χ2n) is 4.10. The second-order valence-corrected chi connectivity index (χ2v) is 4.10. The largest absolute Gasteiger partial charge is 0.301 e. The molecule has 0 spiro atoms. The fourth-order valence-electron chi connectivity index (χ4n) is 2.13. The van der Waals surface area contributed by atoms with Gasteiger partial charge in [0.15, 0.2) is 0 Å². The molecule has 0 aromatic rings. The Hall–Kier alpha value is -0.330. The molecule has 0 aromatic carbocycles. The molecule has 0 saturated heterocycles. The maximum absolute atomic E-state index is 4.07. The van der Waals surface area contributed by atoms with Crippen LogP contribution in [0.4, 0.5) is 0 Å². The van der Waals surface area contributed by atoms with Crippen LogP contribution in [0.25, 0.3) is 0 Å². The predicted octanol–water partition coefficient (Wildman–Crippen LogP) is 3.15. The lowest BCUT2D eigenvalue weighted by Crippen LogP contribution is -2.04. The van der Waals surface area contributed by atoms with Gasteiger partial charge in [-0.3, -0.25) is 0 Å². The Labute approximate surface area is 76.3 Å². The van der Waals surface area contributed by atoms with E-state index in [9.17, 15) is 0 Å². The third-order valence-electron chi connectivity index (χ3n) is 3.03. The SMILES string of the molecule is CCCC(CC=NC)C1CC1C. The third kappa shape index (κ3) is 2.62. The van der Waals surface area contributed by atoms with Crippen molar-refractivity contribution in [1.82, 2.24) is 0 Å². The van der Waals surface area contributed by atoms with Gasteiger partial charge < -0.3 is 4.99 Å². The zero-order valence-corrected chi connectivity index (χ0v) is 8.59. The van der Waals surface area contributed by atoms with E-state index in [0.29, 0.717) is 0 Å². The van der Waals surface area contributed by atoms with Crippen LogP contribution >= 0.6 is 0 Å². The van der Waals surface area contributed by atoms with E-state index in [1.807, 2.05) is 7.05 Å². The molecule has 1 aliphatic rings. The van der Waals surface area contributed by atoms with Crippen molar-refractivity contribution in [3.63, 3.8) is 0 Å². The molecule has 1 rings (SSSR count). The van der Waals surface area contributed by atoms with Crippen LogP contribution in [-0.2, 0) is 0 Å². The first-order chi connectivity index (χ1) is 5.79. The van der Waals surface area contributed by atoms with Gasteiger partial charge in [0.2, 0.25) is 0 Å². The Bertz CT molecular complexity index is 151. The van der Waals surface area contributed by atoms with Gasteiger partial charge in [0, 0.05) is 7.05 Å². The van der Waals surface area contributed by atoms with E-state index < -0.39 is 0 Å². The smallest absolute Gasteiger partial charge is 0.0273 e. The Kier molecular flexibility index (Phi) is 3.77. The fraction of sp³-hybridized carbons (Fsp3) is 0.909. The maximum Gasteiger partial charge on any atom is 0.0273 e. The lowest BCUT2D eigenvalue weighted by molar-refractivity contribution is 0.422. The summed E-state index contributed by atoms with van der Waals surface area (Å²) in [5, 5.41) is 0. The highest BCUT2D eigenvalue weighted by Crippen LogP contribution is 2.46. The van der Waals surface area contributed by atoms with Crippen molar-refractivity contribution in [3.05, 3.63) is 0 Å². The molecule has 0 N–H and O–H groups in total. The van der Waals surface area contributed by atoms with Crippen molar-refractivity contribution < 1.29 is 0 Å². The standard InChI is InChI=1S/C11H21N/c1-4-5-10(6-7-12-3)11-8-9(11)2/h7,9-11H,4-6,8H2,1-3H3. The first kappa shape index (κ1) is 9.76. The van der Waals surface area contributed by atoms with Crippen LogP contribution in [0.5, 0.6) is 0 Å². The van der Waals surface area contributed by atoms with Crippen LogP contribution in [0.15, 0.2) is 4.99 Å². The number of nitrogens with zero attached hydrogens (tertiary/aromatic N) is 1. The summed E-state index contributed by atoms with van der Waals surface area (Å²) in [6, 6.07) is 0. The second kappa shape index (κ2) is 4.64. The number of hydrogen-bond donors (Lipinski definition) is 0. The topological polar surface area (TPSA) is 12.4 Å². The zero-order valence-electron chi connectivity index (χ0n) is 8.59. The van der Waals surface area contributed by atoms with Crippen molar-refractivity contribution in [3.8, 4) is 0 Å². The molecule has 1 fully saturated rings. The molecule has 1 saturated carbocycles. The molecule has 0 aromatic heterocycles. The third-order valence-corrected chi connectivity index (χ3v) is 3.03. The molecule has 0 bridgehead atoms. The monoisotopic (exact) mass is 167 g/mol. The summed E-state index contributed by atoms with van der Waals surface area (Å²) in [4.78, 5) is 4.07. The Morgan fingerprint density at radius 3 is 2.67 bits per heavy atom. The van der Waals surface area contributed by atoms with Gasteiger partial charge in [0.25, 0.3) is 0 Å².